The molecule has 0 radical (unpaired) electrons. The number of fused-ring (bicyclic) bond motifs is 1. The van der Waals surface area contributed by atoms with Gasteiger partial charge in [-0.15, -0.1) is 0 Å². The minimum atomic E-state index is 0.250. The highest BCUT2D eigenvalue weighted by molar-refractivity contribution is 6.04. The Morgan fingerprint density at radius 1 is 0.842 bits per heavy atom. The van der Waals surface area contributed by atoms with Gasteiger partial charge in [0.2, 0.25) is 0 Å². The maximum atomic E-state index is 11.4. The van der Waals surface area contributed by atoms with Crippen LogP contribution in [0, 0.1) is 0 Å². The quantitative estimate of drug-likeness (QED) is 0.665. The lowest BCUT2D eigenvalue weighted by Gasteiger charge is -2.06. The maximum Gasteiger partial charge on any atom is 0.185 e. The molecule has 0 fully saturated rings. The van der Waals surface area contributed by atoms with Crippen LogP contribution in [0.15, 0.2) is 52.9 Å². The van der Waals surface area contributed by atoms with Gasteiger partial charge in [0.25, 0.3) is 0 Å². The largest absolute Gasteiger partial charge is 0.453 e. The molecule has 0 amide bonds. The number of hydrogen-bond acceptors (Lipinski definition) is 3. The predicted molar refractivity (Wildman–Crippen MR) is 72.4 cm³/mol. The number of hydrogen-bond donors (Lipinski definition) is 0. The third kappa shape index (κ3) is 1.85. The molecule has 0 aliphatic carbocycles. The summed E-state index contributed by atoms with van der Waals surface area (Å²) in [6, 6.07) is 14.7. The summed E-state index contributed by atoms with van der Waals surface area (Å²) in [6.07, 6.45) is 1.46. The van der Waals surface area contributed by atoms with E-state index in [9.17, 15) is 9.59 Å². The van der Waals surface area contributed by atoms with Crippen LogP contribution in [0.1, 0.15) is 20.9 Å². The molecule has 1 heterocycles. The average Bonchev–Trinajstić information content (AvgIpc) is 2.94. The van der Waals surface area contributed by atoms with Crippen molar-refractivity contribution in [2.75, 3.05) is 0 Å². The van der Waals surface area contributed by atoms with Crippen molar-refractivity contribution in [2.45, 2.75) is 0 Å². The Kier molecular flexibility index (Phi) is 2.72. The van der Waals surface area contributed by atoms with Crippen LogP contribution < -0.4 is 0 Å². The van der Waals surface area contributed by atoms with Crippen molar-refractivity contribution < 1.29 is 14.0 Å². The van der Waals surface area contributed by atoms with E-state index >= 15 is 0 Å². The normalized spacial score (nSPS) is 10.5. The van der Waals surface area contributed by atoms with Gasteiger partial charge in [-0.05, 0) is 29.0 Å². The zero-order chi connectivity index (χ0) is 13.2. The fraction of sp³-hybridized carbons (Fsp3) is 0. The third-order valence-electron chi connectivity index (χ3n) is 3.10. The number of benzene rings is 2. The van der Waals surface area contributed by atoms with Crippen LogP contribution in [0.2, 0.25) is 0 Å². The number of carbonyl (C=O) groups is 2. The number of furan rings is 1. The van der Waals surface area contributed by atoms with Gasteiger partial charge in [0, 0.05) is 11.1 Å². The van der Waals surface area contributed by atoms with Gasteiger partial charge in [0.15, 0.2) is 18.3 Å². The summed E-state index contributed by atoms with van der Waals surface area (Å²) in [4.78, 5) is 22.0. The minimum Gasteiger partial charge on any atom is -0.453 e. The standard InChI is InChI=1S/C16H10O3/c17-9-12-6-8-16(19-12)14-7-5-11-3-1-2-4-13(11)15(14)10-18/h1-10H. The lowest BCUT2D eigenvalue weighted by Crippen LogP contribution is -1.88. The summed E-state index contributed by atoms with van der Waals surface area (Å²) in [5, 5.41) is 1.87. The van der Waals surface area contributed by atoms with Crippen LogP contribution in [-0.4, -0.2) is 12.6 Å². The highest BCUT2D eigenvalue weighted by Gasteiger charge is 2.12. The second-order valence-corrected chi connectivity index (χ2v) is 4.19. The number of aldehydes is 2. The van der Waals surface area contributed by atoms with Gasteiger partial charge in [-0.25, -0.2) is 0 Å². The van der Waals surface area contributed by atoms with Crippen LogP contribution in [-0.2, 0) is 0 Å². The van der Waals surface area contributed by atoms with E-state index in [1.54, 1.807) is 12.1 Å². The van der Waals surface area contributed by atoms with Crippen molar-refractivity contribution in [2.24, 2.45) is 0 Å². The molecule has 0 N–H and O–H groups in total. The second-order valence-electron chi connectivity index (χ2n) is 4.19. The van der Waals surface area contributed by atoms with Gasteiger partial charge in [-0.3, -0.25) is 9.59 Å². The van der Waals surface area contributed by atoms with Crippen LogP contribution in [0.25, 0.3) is 22.1 Å². The van der Waals surface area contributed by atoms with Crippen LogP contribution in [0.5, 0.6) is 0 Å². The fourth-order valence-corrected chi connectivity index (χ4v) is 2.20. The highest BCUT2D eigenvalue weighted by Crippen LogP contribution is 2.30. The molecule has 0 saturated carbocycles. The van der Waals surface area contributed by atoms with Crippen molar-refractivity contribution in [1.82, 2.24) is 0 Å². The molecule has 0 saturated heterocycles. The van der Waals surface area contributed by atoms with E-state index in [1.165, 1.54) is 0 Å². The van der Waals surface area contributed by atoms with E-state index < -0.39 is 0 Å². The molecule has 19 heavy (non-hydrogen) atoms. The SMILES string of the molecule is O=Cc1ccc(-c2ccc3ccccc3c2C=O)o1. The molecule has 0 bridgehead atoms. The first-order chi connectivity index (χ1) is 9.33. The Morgan fingerprint density at radius 2 is 1.68 bits per heavy atom. The molecule has 3 heteroatoms. The van der Waals surface area contributed by atoms with Gasteiger partial charge in [-0.2, -0.15) is 0 Å². The van der Waals surface area contributed by atoms with Crippen LogP contribution >= 0.6 is 0 Å². The van der Waals surface area contributed by atoms with Crippen molar-refractivity contribution in [3.8, 4) is 11.3 Å². The Balaban J connectivity index is 2.28. The van der Waals surface area contributed by atoms with E-state index in [-0.39, 0.29) is 5.76 Å². The monoisotopic (exact) mass is 250 g/mol. The molecule has 0 aliphatic heterocycles. The molecule has 0 atom stereocenters. The van der Waals surface area contributed by atoms with Crippen molar-refractivity contribution >= 4 is 23.3 Å². The van der Waals surface area contributed by atoms with Crippen molar-refractivity contribution in [3.05, 3.63) is 59.9 Å². The van der Waals surface area contributed by atoms with Crippen molar-refractivity contribution in [1.29, 1.82) is 0 Å². The van der Waals surface area contributed by atoms with Gasteiger partial charge in [0.05, 0.1) is 0 Å². The molecule has 3 rings (SSSR count). The Hall–Kier alpha value is -2.68. The summed E-state index contributed by atoms with van der Waals surface area (Å²) >= 11 is 0. The molecular weight excluding hydrogens is 240 g/mol. The second kappa shape index (κ2) is 4.53. The van der Waals surface area contributed by atoms with E-state index in [4.69, 9.17) is 4.42 Å². The molecule has 0 unspecified atom stereocenters. The van der Waals surface area contributed by atoms with E-state index in [0.717, 1.165) is 17.1 Å². The lowest BCUT2D eigenvalue weighted by molar-refractivity contribution is 0.110. The van der Waals surface area contributed by atoms with E-state index in [2.05, 4.69) is 0 Å². The molecule has 3 nitrogen and oxygen atoms in total. The molecule has 0 spiro atoms. The minimum absolute atomic E-state index is 0.250. The van der Waals surface area contributed by atoms with Gasteiger partial charge in [-0.1, -0.05) is 30.3 Å². The third-order valence-corrected chi connectivity index (χ3v) is 3.10. The molecule has 0 aliphatic rings. The summed E-state index contributed by atoms with van der Waals surface area (Å²) in [5.41, 5.74) is 1.27. The fourth-order valence-electron chi connectivity index (χ4n) is 2.20. The van der Waals surface area contributed by atoms with Crippen LogP contribution in [0.4, 0.5) is 0 Å². The topological polar surface area (TPSA) is 47.3 Å². The summed E-state index contributed by atoms with van der Waals surface area (Å²) in [6.45, 7) is 0. The number of rotatable bonds is 3. The van der Waals surface area contributed by atoms with Gasteiger partial charge in [0.1, 0.15) is 5.76 Å². The zero-order valence-corrected chi connectivity index (χ0v) is 10.00. The molecule has 92 valence electrons. The summed E-state index contributed by atoms with van der Waals surface area (Å²) in [5.74, 6) is 0.773. The maximum absolute atomic E-state index is 11.4. The lowest BCUT2D eigenvalue weighted by atomic mass is 9.98. The first-order valence-electron chi connectivity index (χ1n) is 5.86. The predicted octanol–water partition coefficient (Wildman–Crippen LogP) is 3.72. The average molecular weight is 250 g/mol. The van der Waals surface area contributed by atoms with Crippen LogP contribution in [0.3, 0.4) is 0 Å². The molecule has 2 aromatic carbocycles. The Morgan fingerprint density at radius 3 is 2.42 bits per heavy atom. The highest BCUT2D eigenvalue weighted by atomic mass is 16.3. The number of carbonyl (C=O) groups excluding carboxylic acids is 2. The van der Waals surface area contributed by atoms with E-state index in [0.29, 0.717) is 23.2 Å². The summed E-state index contributed by atoms with van der Waals surface area (Å²) < 4.78 is 5.38. The molecule has 1 aromatic heterocycles. The van der Waals surface area contributed by atoms with E-state index in [1.807, 2.05) is 36.4 Å². The first kappa shape index (κ1) is 11.4. The molecule has 3 aromatic rings. The van der Waals surface area contributed by atoms with Gasteiger partial charge >= 0.3 is 0 Å². The van der Waals surface area contributed by atoms with Crippen molar-refractivity contribution in [3.63, 3.8) is 0 Å². The smallest absolute Gasteiger partial charge is 0.185 e. The Bertz CT molecular complexity index is 769. The summed E-state index contributed by atoms with van der Waals surface area (Å²) in [7, 11) is 0. The van der Waals surface area contributed by atoms with Gasteiger partial charge < -0.3 is 4.42 Å². The molecular formula is C16H10O3. The Labute approximate surface area is 109 Å². The first-order valence-corrected chi connectivity index (χ1v) is 5.86. The zero-order valence-electron chi connectivity index (χ0n) is 10.00.